The number of esters is 2. The van der Waals surface area contributed by atoms with Crippen LogP contribution < -0.4 is 0 Å². The van der Waals surface area contributed by atoms with Gasteiger partial charge >= 0.3 is 11.9 Å². The zero-order valence-electron chi connectivity index (χ0n) is 31.2. The Kier molecular flexibility index (Phi) is 21.5. The highest BCUT2D eigenvalue weighted by molar-refractivity contribution is 5.81. The van der Waals surface area contributed by atoms with E-state index in [0.29, 0.717) is 39.0 Å². The van der Waals surface area contributed by atoms with E-state index in [1.807, 2.05) is 0 Å². The maximum atomic E-state index is 11.8. The summed E-state index contributed by atoms with van der Waals surface area (Å²) in [6.45, 7) is 23.0. The molecule has 0 atom stereocenters. The van der Waals surface area contributed by atoms with Crippen molar-refractivity contribution < 1.29 is 38.1 Å². The zero-order chi connectivity index (χ0) is 35.3. The fraction of sp³-hybridized carbons (Fsp3) is 0.895. The summed E-state index contributed by atoms with van der Waals surface area (Å²) in [7, 11) is 3.55. The van der Waals surface area contributed by atoms with Gasteiger partial charge in [0.15, 0.2) is 0 Å². The first kappa shape index (κ1) is 48.2. The Labute approximate surface area is 294 Å². The van der Waals surface area contributed by atoms with Crippen LogP contribution in [-0.2, 0) is 38.1 Å². The molecule has 0 radical (unpaired) electrons. The summed E-state index contributed by atoms with van der Waals surface area (Å²) in [4.78, 5) is 50.0. The van der Waals surface area contributed by atoms with Crippen molar-refractivity contribution in [2.24, 2.45) is 0 Å². The van der Waals surface area contributed by atoms with Crippen LogP contribution in [0.25, 0.3) is 0 Å². The van der Waals surface area contributed by atoms with Crippen LogP contribution in [0.15, 0.2) is 0 Å². The first-order valence-corrected chi connectivity index (χ1v) is 17.1. The predicted molar refractivity (Wildman–Crippen MR) is 194 cm³/mol. The third kappa shape index (κ3) is 16.7. The van der Waals surface area contributed by atoms with Crippen LogP contribution in [0.5, 0.6) is 0 Å². The van der Waals surface area contributed by atoms with E-state index in [1.165, 1.54) is 6.92 Å². The van der Waals surface area contributed by atoms with Gasteiger partial charge in [-0.3, -0.25) is 19.4 Å². The molecule has 10 nitrogen and oxygen atoms in total. The van der Waals surface area contributed by atoms with E-state index >= 15 is 0 Å². The van der Waals surface area contributed by atoms with Crippen LogP contribution in [0.1, 0.15) is 148 Å². The van der Waals surface area contributed by atoms with Gasteiger partial charge in [0.1, 0.15) is 24.8 Å². The van der Waals surface area contributed by atoms with Crippen molar-refractivity contribution in [1.82, 2.24) is 9.80 Å². The van der Waals surface area contributed by atoms with E-state index in [2.05, 4.69) is 65.2 Å². The summed E-state index contributed by atoms with van der Waals surface area (Å²) < 4.78 is 21.8. The maximum Gasteiger partial charge on any atom is 0.306 e. The monoisotopic (exact) mass is 687 g/mol. The second-order valence-corrected chi connectivity index (χ2v) is 15.6. The van der Waals surface area contributed by atoms with Crippen molar-refractivity contribution in [3.05, 3.63) is 0 Å². The van der Waals surface area contributed by atoms with Crippen LogP contribution in [0.2, 0.25) is 0 Å². The third-order valence-corrected chi connectivity index (χ3v) is 9.50. The van der Waals surface area contributed by atoms with Crippen LogP contribution in [0.4, 0.5) is 0 Å². The third-order valence-electron chi connectivity index (χ3n) is 9.50. The minimum Gasteiger partial charge on any atom is -0.464 e. The molecule has 0 aromatic heterocycles. The number of ketones is 2. The summed E-state index contributed by atoms with van der Waals surface area (Å²) in [6.07, 6.45) is 7.27. The van der Waals surface area contributed by atoms with Crippen LogP contribution in [-0.4, -0.2) is 108 Å². The summed E-state index contributed by atoms with van der Waals surface area (Å²) >= 11 is 0. The Morgan fingerprint density at radius 1 is 0.542 bits per heavy atom. The molecular weight excluding hydrogens is 612 g/mol. The lowest BCUT2D eigenvalue weighted by atomic mass is 9.78. The van der Waals surface area contributed by atoms with Gasteiger partial charge in [0, 0.05) is 68.7 Å². The van der Waals surface area contributed by atoms with E-state index in [0.717, 1.165) is 38.6 Å². The van der Waals surface area contributed by atoms with Gasteiger partial charge in [-0.2, -0.15) is 0 Å². The lowest BCUT2D eigenvalue weighted by Gasteiger charge is -2.55. The van der Waals surface area contributed by atoms with Crippen molar-refractivity contribution in [2.75, 3.05) is 40.5 Å². The molecule has 0 N–H and O–H groups in total. The molecule has 0 aromatic carbocycles. The number of hydrogen-bond acceptors (Lipinski definition) is 10. The molecule has 0 aromatic rings. The Balaban J connectivity index is 0. The number of carbonyl (C=O) groups excluding carboxylic acids is 4. The average Bonchev–Trinajstić information content (AvgIpc) is 2.91. The molecule has 10 heteroatoms. The van der Waals surface area contributed by atoms with E-state index < -0.39 is 0 Å². The molecule has 2 aliphatic heterocycles. The molecule has 0 aliphatic carbocycles. The van der Waals surface area contributed by atoms with Crippen molar-refractivity contribution >= 4 is 23.5 Å². The Bertz CT molecular complexity index is 955. The van der Waals surface area contributed by atoms with Gasteiger partial charge in [-0.25, -0.2) is 0 Å². The molecule has 0 saturated carbocycles. The number of Topliss-reactive ketones (excluding diaryl/α,β-unsaturated/α-hetero) is 2. The highest BCUT2D eigenvalue weighted by Crippen LogP contribution is 2.40. The first-order chi connectivity index (χ1) is 21.2. The Hall–Kier alpha value is -1.88. The Morgan fingerprint density at radius 3 is 1.17 bits per heavy atom. The molecule has 2 aliphatic rings. The molecule has 2 fully saturated rings. The number of methoxy groups -OCH3 is 2. The number of likely N-dealkylation sites (tertiary alicyclic amines) is 2. The SMILES string of the molecule is C.C.COC1CC(C)(C)N(CCOC(=O)CCC(C)=O)C(C)(C)C1.COC1CC(C)(C)N(CCOC(=O)CCCCC(C)=O)C(C)(C)C1. The van der Waals surface area contributed by atoms with Crippen molar-refractivity contribution in [3.63, 3.8) is 0 Å². The fourth-order valence-corrected chi connectivity index (χ4v) is 7.56. The second kappa shape index (κ2) is 21.4. The number of unbranched alkanes of at least 4 members (excludes halogenated alkanes) is 1. The van der Waals surface area contributed by atoms with Gasteiger partial charge in [-0.15, -0.1) is 0 Å². The van der Waals surface area contributed by atoms with E-state index in [4.69, 9.17) is 18.9 Å². The van der Waals surface area contributed by atoms with Gasteiger partial charge < -0.3 is 28.5 Å². The molecule has 2 rings (SSSR count). The number of rotatable bonds is 16. The van der Waals surface area contributed by atoms with Gasteiger partial charge in [0.2, 0.25) is 0 Å². The number of nitrogens with zero attached hydrogens (tertiary/aromatic N) is 2. The number of ether oxygens (including phenoxy) is 4. The normalized spacial score (nSPS) is 20.2. The summed E-state index contributed by atoms with van der Waals surface area (Å²) in [5.41, 5.74) is 0.00901. The number of piperidine rings is 2. The Morgan fingerprint density at radius 2 is 0.854 bits per heavy atom. The van der Waals surface area contributed by atoms with Gasteiger partial charge in [-0.1, -0.05) is 14.9 Å². The van der Waals surface area contributed by atoms with E-state index in [-0.39, 0.29) is 85.6 Å². The van der Waals surface area contributed by atoms with Crippen LogP contribution in [0, 0.1) is 0 Å². The lowest BCUT2D eigenvalue weighted by Crippen LogP contribution is -2.62. The molecule has 2 saturated heterocycles. The fourth-order valence-electron chi connectivity index (χ4n) is 7.56. The maximum absolute atomic E-state index is 11.8. The molecule has 0 spiro atoms. The van der Waals surface area contributed by atoms with Crippen molar-refractivity contribution in [3.8, 4) is 0 Å². The minimum atomic E-state index is -0.294. The molecular formula is C38H74N2O8. The molecule has 2 heterocycles. The second-order valence-electron chi connectivity index (χ2n) is 15.6. The molecule has 0 amide bonds. The standard InChI is InChI=1S/C19H35NO4.C17H31NO4.2CH4/c1-15(21)9-7-8-10-17(22)24-12-11-20-18(2,3)13-16(23-6)14-19(20,4)5;1-13(19)7-8-15(20)22-10-9-18-16(2,3)11-14(21-6)12-17(18,4)5;;/h16H,7-14H2,1-6H3;14H,7-12H2,1-6H3;2*1H4. The zero-order valence-corrected chi connectivity index (χ0v) is 31.2. The number of hydrogen-bond donors (Lipinski definition) is 0. The number of carbonyl (C=O) groups is 4. The van der Waals surface area contributed by atoms with Crippen molar-refractivity contribution in [2.45, 2.75) is 183 Å². The topological polar surface area (TPSA) is 112 Å². The van der Waals surface area contributed by atoms with Crippen LogP contribution >= 0.6 is 0 Å². The molecule has 284 valence electrons. The summed E-state index contributed by atoms with van der Waals surface area (Å²) in [5.74, 6) is -0.272. The minimum absolute atomic E-state index is 0. The quantitative estimate of drug-likeness (QED) is 0.122. The average molecular weight is 687 g/mol. The van der Waals surface area contributed by atoms with Gasteiger partial charge in [-0.05, 0) is 108 Å². The van der Waals surface area contributed by atoms with Crippen molar-refractivity contribution in [1.29, 1.82) is 0 Å². The van der Waals surface area contributed by atoms with Gasteiger partial charge in [0.25, 0.3) is 0 Å². The van der Waals surface area contributed by atoms with E-state index in [9.17, 15) is 19.2 Å². The highest BCUT2D eigenvalue weighted by Gasteiger charge is 2.46. The highest BCUT2D eigenvalue weighted by atomic mass is 16.5. The largest absolute Gasteiger partial charge is 0.464 e. The molecule has 0 unspecified atom stereocenters. The van der Waals surface area contributed by atoms with Crippen LogP contribution in [0.3, 0.4) is 0 Å². The van der Waals surface area contributed by atoms with Gasteiger partial charge in [0.05, 0.1) is 18.6 Å². The first-order valence-electron chi connectivity index (χ1n) is 17.1. The van der Waals surface area contributed by atoms with E-state index in [1.54, 1.807) is 21.1 Å². The predicted octanol–water partition coefficient (Wildman–Crippen LogP) is 7.19. The summed E-state index contributed by atoms with van der Waals surface area (Å²) in [6, 6.07) is 0. The lowest BCUT2D eigenvalue weighted by molar-refractivity contribution is -0.148. The molecule has 48 heavy (non-hydrogen) atoms. The smallest absolute Gasteiger partial charge is 0.306 e. The summed E-state index contributed by atoms with van der Waals surface area (Å²) in [5, 5.41) is 0. The molecule has 0 bridgehead atoms.